The largest absolute Gasteiger partial charge is 0.356 e. The quantitative estimate of drug-likeness (QED) is 0.689. The van der Waals surface area contributed by atoms with Gasteiger partial charge in [-0.15, -0.1) is 0 Å². The minimum absolute atomic E-state index is 0.0703. The van der Waals surface area contributed by atoms with Crippen molar-refractivity contribution in [1.82, 2.24) is 10.6 Å². The second kappa shape index (κ2) is 8.57. The van der Waals surface area contributed by atoms with E-state index in [9.17, 15) is 9.59 Å². The zero-order valence-electron chi connectivity index (χ0n) is 13.3. The SMILES string of the molecule is CC(CCNC(=O)CCCNC(=O)C1CC1)c1ccccc1. The summed E-state index contributed by atoms with van der Waals surface area (Å²) in [4.78, 5) is 23.1. The molecule has 1 fully saturated rings. The molecule has 0 saturated heterocycles. The molecule has 1 aromatic carbocycles. The minimum Gasteiger partial charge on any atom is -0.356 e. The van der Waals surface area contributed by atoms with Crippen molar-refractivity contribution >= 4 is 11.8 Å². The molecule has 1 saturated carbocycles. The van der Waals surface area contributed by atoms with E-state index in [1.165, 1.54) is 5.56 Å². The lowest BCUT2D eigenvalue weighted by atomic mass is 9.98. The predicted octanol–water partition coefficient (Wildman–Crippen LogP) is 2.60. The second-order valence-corrected chi connectivity index (χ2v) is 6.12. The van der Waals surface area contributed by atoms with Crippen molar-refractivity contribution < 1.29 is 9.59 Å². The van der Waals surface area contributed by atoms with Gasteiger partial charge in [0.15, 0.2) is 0 Å². The number of benzene rings is 1. The number of carbonyl (C=O) groups excluding carboxylic acids is 2. The van der Waals surface area contributed by atoms with Gasteiger partial charge in [0.1, 0.15) is 0 Å². The Hall–Kier alpha value is -1.84. The Labute approximate surface area is 132 Å². The summed E-state index contributed by atoms with van der Waals surface area (Å²) in [5.74, 6) is 0.908. The van der Waals surface area contributed by atoms with Crippen molar-refractivity contribution in [1.29, 1.82) is 0 Å². The molecule has 1 atom stereocenters. The Morgan fingerprint density at radius 2 is 1.86 bits per heavy atom. The standard InChI is InChI=1S/C18H26N2O2/c1-14(15-6-3-2-4-7-15)11-13-19-17(21)8-5-12-20-18(22)16-9-10-16/h2-4,6-7,14,16H,5,8-13H2,1H3,(H,19,21)(H,20,22). The molecule has 22 heavy (non-hydrogen) atoms. The van der Waals surface area contributed by atoms with E-state index in [1.54, 1.807) is 0 Å². The summed E-state index contributed by atoms with van der Waals surface area (Å²) in [7, 11) is 0. The van der Waals surface area contributed by atoms with Crippen LogP contribution in [0.2, 0.25) is 0 Å². The van der Waals surface area contributed by atoms with Crippen LogP contribution in [-0.2, 0) is 9.59 Å². The molecule has 0 spiro atoms. The molecule has 0 aliphatic heterocycles. The molecule has 1 aliphatic rings. The van der Waals surface area contributed by atoms with Crippen LogP contribution in [0.1, 0.15) is 50.5 Å². The lowest BCUT2D eigenvalue weighted by Gasteiger charge is -2.12. The third-order valence-electron chi connectivity index (χ3n) is 4.10. The van der Waals surface area contributed by atoms with Crippen LogP contribution in [0.3, 0.4) is 0 Å². The van der Waals surface area contributed by atoms with Crippen LogP contribution in [0.4, 0.5) is 0 Å². The smallest absolute Gasteiger partial charge is 0.223 e. The Morgan fingerprint density at radius 3 is 2.55 bits per heavy atom. The minimum atomic E-state index is 0.0703. The highest BCUT2D eigenvalue weighted by Crippen LogP contribution is 2.28. The molecule has 4 heteroatoms. The average molecular weight is 302 g/mol. The van der Waals surface area contributed by atoms with E-state index in [1.807, 2.05) is 18.2 Å². The number of rotatable bonds is 9. The molecular weight excluding hydrogens is 276 g/mol. The van der Waals surface area contributed by atoms with Gasteiger partial charge < -0.3 is 10.6 Å². The van der Waals surface area contributed by atoms with Crippen LogP contribution in [0.15, 0.2) is 30.3 Å². The fraction of sp³-hybridized carbons (Fsp3) is 0.556. The molecule has 2 N–H and O–H groups in total. The summed E-state index contributed by atoms with van der Waals surface area (Å²) in [6, 6.07) is 10.3. The van der Waals surface area contributed by atoms with Crippen molar-refractivity contribution in [2.75, 3.05) is 13.1 Å². The number of amides is 2. The van der Waals surface area contributed by atoms with E-state index >= 15 is 0 Å². The van der Waals surface area contributed by atoms with Gasteiger partial charge in [0, 0.05) is 25.4 Å². The molecule has 0 heterocycles. The summed E-state index contributed by atoms with van der Waals surface area (Å²) < 4.78 is 0. The zero-order valence-corrected chi connectivity index (χ0v) is 13.3. The molecule has 2 amide bonds. The van der Waals surface area contributed by atoms with E-state index in [-0.39, 0.29) is 17.7 Å². The first kappa shape index (κ1) is 16.5. The van der Waals surface area contributed by atoms with Crippen molar-refractivity contribution in [2.24, 2.45) is 5.92 Å². The van der Waals surface area contributed by atoms with Gasteiger partial charge in [-0.05, 0) is 37.2 Å². The highest BCUT2D eigenvalue weighted by molar-refractivity contribution is 5.81. The Bertz CT molecular complexity index is 483. The third kappa shape index (κ3) is 5.88. The van der Waals surface area contributed by atoms with Gasteiger partial charge in [0.2, 0.25) is 11.8 Å². The molecule has 0 radical (unpaired) electrons. The number of nitrogens with one attached hydrogen (secondary N) is 2. The summed E-state index contributed by atoms with van der Waals surface area (Å²) in [5.41, 5.74) is 1.31. The second-order valence-electron chi connectivity index (χ2n) is 6.12. The summed E-state index contributed by atoms with van der Waals surface area (Å²) >= 11 is 0. The Kier molecular flexibility index (Phi) is 6.44. The molecule has 1 aromatic rings. The first-order valence-electron chi connectivity index (χ1n) is 8.26. The predicted molar refractivity (Wildman–Crippen MR) is 87.5 cm³/mol. The maximum atomic E-state index is 11.7. The topological polar surface area (TPSA) is 58.2 Å². The van der Waals surface area contributed by atoms with Gasteiger partial charge >= 0.3 is 0 Å². The van der Waals surface area contributed by atoms with Crippen LogP contribution in [0, 0.1) is 5.92 Å². The molecule has 0 bridgehead atoms. The van der Waals surface area contributed by atoms with E-state index in [4.69, 9.17) is 0 Å². The van der Waals surface area contributed by atoms with Crippen LogP contribution < -0.4 is 10.6 Å². The van der Waals surface area contributed by atoms with E-state index in [0.717, 1.165) is 19.3 Å². The number of hydrogen-bond donors (Lipinski definition) is 2. The fourth-order valence-electron chi connectivity index (χ4n) is 2.42. The Balaban J connectivity index is 1.51. The molecule has 0 aromatic heterocycles. The first-order chi connectivity index (χ1) is 10.7. The highest BCUT2D eigenvalue weighted by Gasteiger charge is 2.28. The van der Waals surface area contributed by atoms with Crippen molar-refractivity contribution in [3.63, 3.8) is 0 Å². The van der Waals surface area contributed by atoms with E-state index in [2.05, 4.69) is 29.7 Å². The fourth-order valence-corrected chi connectivity index (χ4v) is 2.42. The lowest BCUT2D eigenvalue weighted by molar-refractivity contribution is -0.123. The number of hydrogen-bond acceptors (Lipinski definition) is 2. The molecule has 1 unspecified atom stereocenters. The lowest BCUT2D eigenvalue weighted by Crippen LogP contribution is -2.29. The van der Waals surface area contributed by atoms with Crippen molar-refractivity contribution in [3.05, 3.63) is 35.9 Å². The van der Waals surface area contributed by atoms with Gasteiger partial charge in [0.25, 0.3) is 0 Å². The van der Waals surface area contributed by atoms with Crippen LogP contribution in [0.5, 0.6) is 0 Å². The molecule has 120 valence electrons. The van der Waals surface area contributed by atoms with Crippen molar-refractivity contribution in [3.8, 4) is 0 Å². The van der Waals surface area contributed by atoms with Gasteiger partial charge in [-0.25, -0.2) is 0 Å². The average Bonchev–Trinajstić information content (AvgIpc) is 3.37. The maximum Gasteiger partial charge on any atom is 0.223 e. The first-order valence-corrected chi connectivity index (χ1v) is 8.26. The number of carbonyl (C=O) groups is 2. The molecule has 4 nitrogen and oxygen atoms in total. The van der Waals surface area contributed by atoms with Gasteiger partial charge in [0.05, 0.1) is 0 Å². The molecule has 2 rings (SSSR count). The van der Waals surface area contributed by atoms with Crippen LogP contribution >= 0.6 is 0 Å². The van der Waals surface area contributed by atoms with Gasteiger partial charge in [-0.1, -0.05) is 37.3 Å². The van der Waals surface area contributed by atoms with Crippen LogP contribution in [0.25, 0.3) is 0 Å². The highest BCUT2D eigenvalue weighted by atomic mass is 16.2. The molecule has 1 aliphatic carbocycles. The summed E-state index contributed by atoms with van der Waals surface area (Å²) in [6.45, 7) is 3.47. The van der Waals surface area contributed by atoms with Gasteiger partial charge in [-0.2, -0.15) is 0 Å². The Morgan fingerprint density at radius 1 is 1.14 bits per heavy atom. The zero-order chi connectivity index (χ0) is 15.8. The summed E-state index contributed by atoms with van der Waals surface area (Å²) in [6.07, 6.45) is 4.16. The normalized spacial score (nSPS) is 15.1. The summed E-state index contributed by atoms with van der Waals surface area (Å²) in [5, 5.41) is 5.83. The van der Waals surface area contributed by atoms with Crippen LogP contribution in [-0.4, -0.2) is 24.9 Å². The monoisotopic (exact) mass is 302 g/mol. The van der Waals surface area contributed by atoms with E-state index in [0.29, 0.717) is 31.8 Å². The maximum absolute atomic E-state index is 11.7. The van der Waals surface area contributed by atoms with Crippen molar-refractivity contribution in [2.45, 2.75) is 44.9 Å². The molecular formula is C18H26N2O2. The van der Waals surface area contributed by atoms with Gasteiger partial charge in [-0.3, -0.25) is 9.59 Å². The van der Waals surface area contributed by atoms with E-state index < -0.39 is 0 Å². The third-order valence-corrected chi connectivity index (χ3v) is 4.10.